The van der Waals surface area contributed by atoms with Crippen molar-refractivity contribution in [3.05, 3.63) is 51.8 Å². The molecule has 0 spiro atoms. The molecule has 2 aromatic carbocycles. The minimum absolute atomic E-state index is 0.491. The molecule has 128 valence electrons. The van der Waals surface area contributed by atoms with Crippen molar-refractivity contribution in [3.8, 4) is 23.0 Å². The van der Waals surface area contributed by atoms with Crippen molar-refractivity contribution < 1.29 is 13.9 Å². The van der Waals surface area contributed by atoms with Crippen LogP contribution in [0.15, 0.2) is 50.2 Å². The smallest absolute Gasteiger partial charge is 0.247 e. The van der Waals surface area contributed by atoms with E-state index in [0.29, 0.717) is 47.3 Å². The summed E-state index contributed by atoms with van der Waals surface area (Å²) in [6.45, 7) is 1.08. The molecule has 0 saturated carbocycles. The first-order valence-corrected chi connectivity index (χ1v) is 9.65. The Kier molecular flexibility index (Phi) is 4.87. The molecule has 2 heterocycles. The fourth-order valence-electron chi connectivity index (χ4n) is 2.35. The van der Waals surface area contributed by atoms with Crippen molar-refractivity contribution in [1.29, 1.82) is 0 Å². The van der Waals surface area contributed by atoms with Crippen LogP contribution in [-0.2, 0) is 5.75 Å². The molecule has 0 amide bonds. The van der Waals surface area contributed by atoms with Gasteiger partial charge in [0.15, 0.2) is 11.5 Å². The molecular formula is C17H12BrClN2O3S. The number of halogens is 2. The van der Waals surface area contributed by atoms with Crippen LogP contribution in [0.4, 0.5) is 0 Å². The van der Waals surface area contributed by atoms with Crippen molar-refractivity contribution in [3.63, 3.8) is 0 Å². The molecule has 0 N–H and O–H groups in total. The third-order valence-electron chi connectivity index (χ3n) is 3.49. The topological polar surface area (TPSA) is 57.4 Å². The Balaban J connectivity index is 1.49. The molecule has 25 heavy (non-hydrogen) atoms. The largest absolute Gasteiger partial charge is 0.486 e. The number of rotatable bonds is 4. The first-order chi connectivity index (χ1) is 12.2. The summed E-state index contributed by atoms with van der Waals surface area (Å²) in [5, 5.41) is 8.82. The molecular weight excluding hydrogens is 428 g/mol. The zero-order valence-electron chi connectivity index (χ0n) is 12.9. The summed E-state index contributed by atoms with van der Waals surface area (Å²) in [5.74, 6) is 2.92. The Morgan fingerprint density at radius 3 is 2.68 bits per heavy atom. The van der Waals surface area contributed by atoms with E-state index in [1.165, 1.54) is 11.8 Å². The number of hydrogen-bond donors (Lipinski definition) is 0. The number of aromatic nitrogens is 2. The quantitative estimate of drug-likeness (QED) is 0.520. The standard InChI is InChI=1S/C17H12BrClN2O3S/c18-11-3-1-2-10(6-11)17-21-20-16(24-17)9-25-15-8-14-13(7-12(15)19)22-4-5-23-14/h1-3,6-8H,4-5,9H2. The highest BCUT2D eigenvalue weighted by molar-refractivity contribution is 9.10. The maximum absolute atomic E-state index is 6.32. The average Bonchev–Trinajstić information content (AvgIpc) is 3.09. The van der Waals surface area contributed by atoms with E-state index < -0.39 is 0 Å². The first-order valence-electron chi connectivity index (χ1n) is 7.49. The summed E-state index contributed by atoms with van der Waals surface area (Å²) >= 11 is 11.3. The highest BCUT2D eigenvalue weighted by Crippen LogP contribution is 2.40. The second-order valence-corrected chi connectivity index (χ2v) is 7.57. The van der Waals surface area contributed by atoms with Gasteiger partial charge in [0.25, 0.3) is 0 Å². The summed E-state index contributed by atoms with van der Waals surface area (Å²) in [7, 11) is 0. The van der Waals surface area contributed by atoms with Crippen LogP contribution >= 0.6 is 39.3 Å². The Morgan fingerprint density at radius 2 is 1.88 bits per heavy atom. The van der Waals surface area contributed by atoms with E-state index >= 15 is 0 Å². The van der Waals surface area contributed by atoms with Gasteiger partial charge in [0.1, 0.15) is 13.2 Å². The van der Waals surface area contributed by atoms with Gasteiger partial charge in [-0.25, -0.2) is 0 Å². The summed E-state index contributed by atoms with van der Waals surface area (Å²) in [4.78, 5) is 0.883. The van der Waals surface area contributed by atoms with Gasteiger partial charge in [-0.1, -0.05) is 33.6 Å². The summed E-state index contributed by atoms with van der Waals surface area (Å²) in [5.41, 5.74) is 0.871. The van der Waals surface area contributed by atoms with Gasteiger partial charge in [0.05, 0.1) is 10.8 Å². The van der Waals surface area contributed by atoms with Gasteiger partial charge in [0, 0.05) is 21.0 Å². The zero-order valence-corrected chi connectivity index (χ0v) is 16.0. The fraction of sp³-hybridized carbons (Fsp3) is 0.176. The van der Waals surface area contributed by atoms with Gasteiger partial charge in [-0.2, -0.15) is 0 Å². The average molecular weight is 440 g/mol. The maximum atomic E-state index is 6.32. The van der Waals surface area contributed by atoms with E-state index in [9.17, 15) is 0 Å². The summed E-state index contributed by atoms with van der Waals surface area (Å²) < 4.78 is 17.8. The Bertz CT molecular complexity index is 919. The second kappa shape index (κ2) is 7.27. The molecule has 0 saturated heterocycles. The van der Waals surface area contributed by atoms with Gasteiger partial charge in [-0.15, -0.1) is 22.0 Å². The van der Waals surface area contributed by atoms with Crippen molar-refractivity contribution >= 4 is 39.3 Å². The number of benzene rings is 2. The van der Waals surface area contributed by atoms with Crippen LogP contribution in [0.1, 0.15) is 5.89 Å². The maximum Gasteiger partial charge on any atom is 0.247 e. The van der Waals surface area contributed by atoms with Crippen molar-refractivity contribution in [2.45, 2.75) is 10.6 Å². The first kappa shape index (κ1) is 16.8. The van der Waals surface area contributed by atoms with E-state index in [2.05, 4.69) is 26.1 Å². The normalized spacial score (nSPS) is 13.0. The molecule has 0 unspecified atom stereocenters. The van der Waals surface area contributed by atoms with Crippen LogP contribution in [0.3, 0.4) is 0 Å². The van der Waals surface area contributed by atoms with Gasteiger partial charge in [-0.05, 0) is 24.3 Å². The van der Waals surface area contributed by atoms with Crippen LogP contribution in [0.5, 0.6) is 11.5 Å². The molecule has 0 aliphatic carbocycles. The zero-order chi connectivity index (χ0) is 17.2. The number of thioether (sulfide) groups is 1. The van der Waals surface area contributed by atoms with Gasteiger partial charge in [0.2, 0.25) is 11.8 Å². The van der Waals surface area contributed by atoms with Crippen molar-refractivity contribution in [2.75, 3.05) is 13.2 Å². The minimum Gasteiger partial charge on any atom is -0.486 e. The summed E-state index contributed by atoms with van der Waals surface area (Å²) in [6.07, 6.45) is 0. The molecule has 8 heteroatoms. The van der Waals surface area contributed by atoms with Crippen LogP contribution in [-0.4, -0.2) is 23.4 Å². The molecule has 0 radical (unpaired) electrons. The number of nitrogens with zero attached hydrogens (tertiary/aromatic N) is 2. The molecule has 0 fully saturated rings. The molecule has 4 rings (SSSR count). The molecule has 1 aromatic heterocycles. The third-order valence-corrected chi connectivity index (χ3v) is 5.44. The van der Waals surface area contributed by atoms with Gasteiger partial charge < -0.3 is 13.9 Å². The van der Waals surface area contributed by atoms with Crippen molar-refractivity contribution in [1.82, 2.24) is 10.2 Å². The number of ether oxygens (including phenoxy) is 2. The second-order valence-electron chi connectivity index (χ2n) is 5.23. The lowest BCUT2D eigenvalue weighted by Gasteiger charge is -2.19. The van der Waals surface area contributed by atoms with Crippen LogP contribution in [0.2, 0.25) is 5.02 Å². The van der Waals surface area contributed by atoms with Crippen LogP contribution < -0.4 is 9.47 Å². The number of fused-ring (bicyclic) bond motifs is 1. The van der Waals surface area contributed by atoms with E-state index in [1.54, 1.807) is 6.07 Å². The van der Waals surface area contributed by atoms with E-state index in [1.807, 2.05) is 30.3 Å². The molecule has 1 aliphatic rings. The van der Waals surface area contributed by atoms with Crippen molar-refractivity contribution in [2.24, 2.45) is 0 Å². The fourth-order valence-corrected chi connectivity index (χ4v) is 3.84. The molecule has 1 aliphatic heterocycles. The highest BCUT2D eigenvalue weighted by atomic mass is 79.9. The Hall–Kier alpha value is -1.70. The highest BCUT2D eigenvalue weighted by Gasteiger charge is 2.16. The Labute approximate surface area is 161 Å². The lowest BCUT2D eigenvalue weighted by atomic mass is 10.2. The SMILES string of the molecule is Clc1cc2c(cc1SCc1nnc(-c3cccc(Br)c3)o1)OCCO2. The van der Waals surface area contributed by atoms with E-state index in [0.717, 1.165) is 14.9 Å². The molecule has 5 nitrogen and oxygen atoms in total. The molecule has 0 atom stereocenters. The predicted molar refractivity (Wildman–Crippen MR) is 99.4 cm³/mol. The molecule has 0 bridgehead atoms. The van der Waals surface area contributed by atoms with E-state index in [4.69, 9.17) is 25.5 Å². The van der Waals surface area contributed by atoms with Gasteiger partial charge in [-0.3, -0.25) is 0 Å². The monoisotopic (exact) mass is 438 g/mol. The Morgan fingerprint density at radius 1 is 1.08 bits per heavy atom. The third kappa shape index (κ3) is 3.78. The molecule has 3 aromatic rings. The number of hydrogen-bond acceptors (Lipinski definition) is 6. The lowest BCUT2D eigenvalue weighted by Crippen LogP contribution is -2.15. The van der Waals surface area contributed by atoms with Crippen LogP contribution in [0.25, 0.3) is 11.5 Å². The lowest BCUT2D eigenvalue weighted by molar-refractivity contribution is 0.171. The minimum atomic E-state index is 0.491. The van der Waals surface area contributed by atoms with Crippen LogP contribution in [0, 0.1) is 0 Å². The summed E-state index contributed by atoms with van der Waals surface area (Å²) in [6, 6.07) is 11.4. The van der Waals surface area contributed by atoms with E-state index in [-0.39, 0.29) is 0 Å². The van der Waals surface area contributed by atoms with Gasteiger partial charge >= 0.3 is 0 Å². The predicted octanol–water partition coefficient (Wildman–Crippen LogP) is 5.22.